The number of anilines is 2. The molecule has 48 heavy (non-hydrogen) atoms. The summed E-state index contributed by atoms with van der Waals surface area (Å²) in [6.07, 6.45) is 3.42. The molecule has 11 heteroatoms. The van der Waals surface area contributed by atoms with E-state index < -0.39 is 11.8 Å². The molecule has 6 rings (SSSR count). The summed E-state index contributed by atoms with van der Waals surface area (Å²) >= 11 is 1.30. The maximum absolute atomic E-state index is 13.5. The highest BCUT2D eigenvalue weighted by Crippen LogP contribution is 2.23. The lowest BCUT2D eigenvalue weighted by Crippen LogP contribution is -2.30. The Kier molecular flexibility index (Phi) is 9.40. The lowest BCUT2D eigenvalue weighted by molar-refractivity contribution is -0.114. The first-order valence-electron chi connectivity index (χ1n) is 15.1. The molecule has 0 fully saturated rings. The summed E-state index contributed by atoms with van der Waals surface area (Å²) in [5.41, 5.74) is 3.93. The lowest BCUT2D eigenvalue weighted by atomic mass is 10.1. The van der Waals surface area contributed by atoms with Crippen molar-refractivity contribution in [3.8, 4) is 5.69 Å². The lowest BCUT2D eigenvalue weighted by Gasteiger charge is -2.12. The van der Waals surface area contributed by atoms with Gasteiger partial charge in [0.25, 0.3) is 17.4 Å². The van der Waals surface area contributed by atoms with Crippen LogP contribution in [0.5, 0.6) is 0 Å². The number of rotatable bonds is 10. The van der Waals surface area contributed by atoms with Gasteiger partial charge in [0.05, 0.1) is 17.1 Å². The number of nitrogens with zero attached hydrogens (tertiary/aromatic N) is 2. The Morgan fingerprint density at radius 3 is 2.23 bits per heavy atom. The number of aromatic nitrogens is 3. The number of thioether (sulfide) groups is 1. The molecular weight excluding hydrogens is 625 g/mol. The van der Waals surface area contributed by atoms with Crippen molar-refractivity contribution in [2.45, 2.75) is 11.8 Å². The SMILES string of the molecule is Cc1c(NC(=O)CSc2ccc(NC(=O)/C(=C/c3c[nH]c4ccccc34)NC(=O)c3ccccc3)cc2)c(=O)n(-c2ccccc2)n1C. The normalized spacial score (nSPS) is 11.3. The molecule has 0 aliphatic rings. The number of amides is 3. The van der Waals surface area contributed by atoms with Gasteiger partial charge in [0.1, 0.15) is 11.4 Å². The van der Waals surface area contributed by atoms with Crippen LogP contribution in [0.25, 0.3) is 22.7 Å². The van der Waals surface area contributed by atoms with Gasteiger partial charge in [-0.05, 0) is 67.6 Å². The average molecular weight is 657 g/mol. The van der Waals surface area contributed by atoms with Crippen molar-refractivity contribution in [1.29, 1.82) is 0 Å². The summed E-state index contributed by atoms with van der Waals surface area (Å²) in [6, 6.07) is 32.6. The van der Waals surface area contributed by atoms with Gasteiger partial charge in [-0.2, -0.15) is 0 Å². The highest BCUT2D eigenvalue weighted by atomic mass is 32.2. The second-order valence-electron chi connectivity index (χ2n) is 10.9. The van der Waals surface area contributed by atoms with Gasteiger partial charge in [-0.25, -0.2) is 4.68 Å². The van der Waals surface area contributed by atoms with Gasteiger partial charge >= 0.3 is 0 Å². The standard InChI is InChI=1S/C37H32N6O4S/c1-24-34(37(47)43(42(24)2)28-13-7-4-8-14-28)41-33(44)23-48-29-19-17-27(18-20-29)39-36(46)32(40-35(45)25-11-5-3-6-12-25)21-26-22-38-31-16-10-9-15-30(26)31/h3-22,38H,23H2,1-2H3,(H,39,46)(H,40,45)(H,41,44)/b32-21-. The molecule has 0 unspecified atom stereocenters. The van der Waals surface area contributed by atoms with Gasteiger partial charge in [-0.1, -0.05) is 54.6 Å². The number of carbonyl (C=O) groups excluding carboxylic acids is 3. The number of hydrogen-bond donors (Lipinski definition) is 4. The molecule has 0 saturated heterocycles. The zero-order valence-electron chi connectivity index (χ0n) is 26.2. The van der Waals surface area contributed by atoms with Crippen LogP contribution in [-0.4, -0.2) is 37.8 Å². The number of aromatic amines is 1. The fourth-order valence-electron chi connectivity index (χ4n) is 5.18. The fraction of sp³-hybridized carbons (Fsp3) is 0.0811. The van der Waals surface area contributed by atoms with Crippen LogP contribution in [0.4, 0.5) is 11.4 Å². The molecule has 4 N–H and O–H groups in total. The van der Waals surface area contributed by atoms with E-state index in [4.69, 9.17) is 0 Å². The minimum absolute atomic E-state index is 0.0752. The van der Waals surface area contributed by atoms with Gasteiger partial charge in [-0.15, -0.1) is 11.8 Å². The van der Waals surface area contributed by atoms with Gasteiger partial charge in [-0.3, -0.25) is 23.9 Å². The number of benzene rings is 4. The van der Waals surface area contributed by atoms with Crippen molar-refractivity contribution in [1.82, 2.24) is 19.7 Å². The zero-order valence-corrected chi connectivity index (χ0v) is 27.0. The molecule has 0 bridgehead atoms. The Morgan fingerprint density at radius 2 is 1.50 bits per heavy atom. The average Bonchev–Trinajstić information content (AvgIpc) is 3.61. The Balaban J connectivity index is 1.12. The molecule has 10 nitrogen and oxygen atoms in total. The summed E-state index contributed by atoms with van der Waals surface area (Å²) in [6.45, 7) is 1.78. The smallest absolute Gasteiger partial charge is 0.295 e. The van der Waals surface area contributed by atoms with Gasteiger partial charge < -0.3 is 20.9 Å². The van der Waals surface area contributed by atoms with Crippen molar-refractivity contribution < 1.29 is 14.4 Å². The van der Waals surface area contributed by atoms with Crippen LogP contribution in [0.3, 0.4) is 0 Å². The van der Waals surface area contributed by atoms with Crippen LogP contribution < -0.4 is 21.5 Å². The van der Waals surface area contributed by atoms with E-state index in [1.54, 1.807) is 79.5 Å². The Hall–Kier alpha value is -6.07. The maximum atomic E-state index is 13.5. The van der Waals surface area contributed by atoms with Gasteiger partial charge in [0.15, 0.2) is 0 Å². The monoisotopic (exact) mass is 656 g/mol. The topological polar surface area (TPSA) is 130 Å². The number of nitrogens with one attached hydrogen (secondary N) is 4. The van der Waals surface area contributed by atoms with Gasteiger partial charge in [0, 0.05) is 45.9 Å². The van der Waals surface area contributed by atoms with Crippen molar-refractivity contribution in [2.75, 3.05) is 16.4 Å². The van der Waals surface area contributed by atoms with Crippen LogP contribution in [0, 0.1) is 6.92 Å². The van der Waals surface area contributed by atoms with E-state index in [2.05, 4.69) is 20.9 Å². The Bertz CT molecular complexity index is 2200. The highest BCUT2D eigenvalue weighted by molar-refractivity contribution is 8.00. The summed E-state index contributed by atoms with van der Waals surface area (Å²) in [4.78, 5) is 56.5. The summed E-state index contributed by atoms with van der Waals surface area (Å²) in [5, 5.41) is 9.30. The summed E-state index contributed by atoms with van der Waals surface area (Å²) in [5.74, 6) is -1.15. The molecule has 4 aromatic carbocycles. The highest BCUT2D eigenvalue weighted by Gasteiger charge is 2.19. The van der Waals surface area contributed by atoms with Crippen molar-refractivity contribution >= 4 is 57.8 Å². The predicted molar refractivity (Wildman–Crippen MR) is 190 cm³/mol. The first-order chi connectivity index (χ1) is 23.3. The number of H-pyrrole nitrogens is 1. The van der Waals surface area contributed by atoms with Crippen LogP contribution in [0.1, 0.15) is 21.6 Å². The molecule has 0 aliphatic heterocycles. The number of para-hydroxylation sites is 2. The van der Waals surface area contributed by atoms with E-state index >= 15 is 0 Å². The van der Waals surface area contributed by atoms with Crippen LogP contribution in [0.15, 0.2) is 131 Å². The van der Waals surface area contributed by atoms with E-state index in [0.717, 1.165) is 21.4 Å². The third-order valence-corrected chi connectivity index (χ3v) is 8.76. The molecule has 3 amide bonds. The van der Waals surface area contributed by atoms with E-state index in [1.807, 2.05) is 60.7 Å². The minimum Gasteiger partial charge on any atom is -0.361 e. The van der Waals surface area contributed by atoms with Crippen molar-refractivity contribution in [3.63, 3.8) is 0 Å². The van der Waals surface area contributed by atoms with Crippen LogP contribution >= 0.6 is 11.8 Å². The molecule has 0 atom stereocenters. The fourth-order valence-corrected chi connectivity index (χ4v) is 5.88. The zero-order chi connectivity index (χ0) is 33.6. The third kappa shape index (κ3) is 7.01. The predicted octanol–water partition coefficient (Wildman–Crippen LogP) is 6.11. The molecule has 2 aromatic heterocycles. The first kappa shape index (κ1) is 31.9. The largest absolute Gasteiger partial charge is 0.361 e. The van der Waals surface area contributed by atoms with E-state index in [0.29, 0.717) is 22.6 Å². The molecule has 0 spiro atoms. The second-order valence-corrected chi connectivity index (χ2v) is 12.0. The van der Waals surface area contributed by atoms with E-state index in [-0.39, 0.29) is 28.6 Å². The molecule has 0 aliphatic carbocycles. The minimum atomic E-state index is -0.497. The van der Waals surface area contributed by atoms with Crippen molar-refractivity contribution in [2.24, 2.45) is 7.05 Å². The molecule has 0 radical (unpaired) electrons. The Labute approximate surface area is 280 Å². The molecule has 2 heterocycles. The van der Waals surface area contributed by atoms with Crippen molar-refractivity contribution in [3.05, 3.63) is 148 Å². The number of fused-ring (bicyclic) bond motifs is 1. The maximum Gasteiger partial charge on any atom is 0.295 e. The van der Waals surface area contributed by atoms with E-state index in [1.165, 1.54) is 16.4 Å². The first-order valence-corrected chi connectivity index (χ1v) is 16.1. The summed E-state index contributed by atoms with van der Waals surface area (Å²) in [7, 11) is 1.77. The molecule has 240 valence electrons. The van der Waals surface area contributed by atoms with Crippen LogP contribution in [-0.2, 0) is 16.6 Å². The van der Waals surface area contributed by atoms with Gasteiger partial charge in [0.2, 0.25) is 5.91 Å². The summed E-state index contributed by atoms with van der Waals surface area (Å²) < 4.78 is 3.22. The second kappa shape index (κ2) is 14.1. The molecular formula is C37H32N6O4S. The third-order valence-electron chi connectivity index (χ3n) is 7.75. The molecule has 0 saturated carbocycles. The van der Waals surface area contributed by atoms with E-state index in [9.17, 15) is 19.2 Å². The number of hydrogen-bond acceptors (Lipinski definition) is 5. The Morgan fingerprint density at radius 1 is 0.833 bits per heavy atom. The number of carbonyl (C=O) groups is 3. The van der Waals surface area contributed by atoms with Crippen LogP contribution in [0.2, 0.25) is 0 Å². The molecule has 6 aromatic rings. The quantitative estimate of drug-likeness (QED) is 0.105.